The number of rotatable bonds is 5. The highest BCUT2D eigenvalue weighted by molar-refractivity contribution is 6.38. The first-order valence-electron chi connectivity index (χ1n) is 7.65. The van der Waals surface area contributed by atoms with Crippen LogP contribution in [0, 0.1) is 11.3 Å². The standard InChI is InChI=1S/C17H12Cl2N4O4/c18-9-3-4-10(19)15-14(9)17(26,16(25)21-15)8-11(12-2-1-7-27-12)22-23-13(24)5-6-20/h1-4,7,26H,5,8H2,(H,21,25)(H,23,24)/b22-11+/t17-/m1/s1. The largest absolute Gasteiger partial charge is 0.463 e. The molecule has 27 heavy (non-hydrogen) atoms. The number of hydrogen-bond acceptors (Lipinski definition) is 6. The molecule has 0 fully saturated rings. The molecule has 2 amide bonds. The summed E-state index contributed by atoms with van der Waals surface area (Å²) in [6, 6.07) is 7.78. The summed E-state index contributed by atoms with van der Waals surface area (Å²) < 4.78 is 5.27. The number of nitriles is 1. The van der Waals surface area contributed by atoms with E-state index in [-0.39, 0.29) is 39.2 Å². The fraction of sp³-hybridized carbons (Fsp3) is 0.176. The first-order valence-corrected chi connectivity index (χ1v) is 8.41. The number of nitrogens with one attached hydrogen (secondary N) is 2. The van der Waals surface area contributed by atoms with Crippen molar-refractivity contribution in [3.05, 3.63) is 51.9 Å². The van der Waals surface area contributed by atoms with E-state index in [1.807, 2.05) is 0 Å². The van der Waals surface area contributed by atoms with Crippen molar-refractivity contribution in [2.75, 3.05) is 5.32 Å². The molecule has 1 aromatic carbocycles. The van der Waals surface area contributed by atoms with Gasteiger partial charge in [-0.2, -0.15) is 10.4 Å². The van der Waals surface area contributed by atoms with E-state index in [0.717, 1.165) is 0 Å². The summed E-state index contributed by atoms with van der Waals surface area (Å²) in [7, 11) is 0. The van der Waals surface area contributed by atoms with Crippen molar-refractivity contribution in [1.82, 2.24) is 5.43 Å². The molecule has 1 aliphatic heterocycles. The van der Waals surface area contributed by atoms with Crippen LogP contribution in [0.15, 0.2) is 40.0 Å². The Hall–Kier alpha value is -2.86. The number of amides is 2. The lowest BCUT2D eigenvalue weighted by Gasteiger charge is -2.22. The third-order valence-corrected chi connectivity index (χ3v) is 4.55. The fourth-order valence-corrected chi connectivity index (χ4v) is 3.20. The maximum absolute atomic E-state index is 12.5. The second-order valence-corrected chi connectivity index (χ2v) is 6.49. The number of carbonyl (C=O) groups is 2. The molecule has 138 valence electrons. The molecule has 1 aliphatic rings. The van der Waals surface area contributed by atoms with Gasteiger partial charge in [-0.1, -0.05) is 23.2 Å². The maximum Gasteiger partial charge on any atom is 0.261 e. The van der Waals surface area contributed by atoms with Crippen molar-refractivity contribution in [3.8, 4) is 6.07 Å². The molecule has 0 aliphatic carbocycles. The molecule has 1 aromatic heterocycles. The van der Waals surface area contributed by atoms with Gasteiger partial charge in [-0.25, -0.2) is 5.43 Å². The zero-order valence-corrected chi connectivity index (χ0v) is 15.1. The van der Waals surface area contributed by atoms with Crippen LogP contribution in [0.3, 0.4) is 0 Å². The molecule has 0 saturated heterocycles. The molecule has 3 N–H and O–H groups in total. The van der Waals surface area contributed by atoms with Gasteiger partial charge in [0.25, 0.3) is 11.8 Å². The monoisotopic (exact) mass is 406 g/mol. The van der Waals surface area contributed by atoms with Gasteiger partial charge in [0.15, 0.2) is 5.60 Å². The number of hydrogen-bond donors (Lipinski definition) is 3. The number of carbonyl (C=O) groups excluding carboxylic acids is 2. The molecule has 0 bridgehead atoms. The van der Waals surface area contributed by atoms with Crippen molar-refractivity contribution in [2.24, 2.45) is 5.10 Å². The molecule has 0 saturated carbocycles. The molecule has 0 radical (unpaired) electrons. The number of fused-ring (bicyclic) bond motifs is 1. The zero-order valence-electron chi connectivity index (χ0n) is 13.6. The SMILES string of the molecule is N#CCC(=O)N/N=C(\C[C@]1(O)C(=O)Nc2c(Cl)ccc(Cl)c21)c1ccco1. The molecule has 2 aromatic rings. The first-order chi connectivity index (χ1) is 12.9. The van der Waals surface area contributed by atoms with Crippen LogP contribution >= 0.6 is 23.2 Å². The maximum atomic E-state index is 12.5. The van der Waals surface area contributed by atoms with Crippen LogP contribution in [-0.2, 0) is 15.2 Å². The van der Waals surface area contributed by atoms with E-state index < -0.39 is 23.8 Å². The summed E-state index contributed by atoms with van der Waals surface area (Å²) in [5.41, 5.74) is 0.516. The second-order valence-electron chi connectivity index (χ2n) is 5.68. The Labute approximate surface area is 163 Å². The van der Waals surface area contributed by atoms with Crippen LogP contribution in [0.2, 0.25) is 10.0 Å². The van der Waals surface area contributed by atoms with Crippen molar-refractivity contribution < 1.29 is 19.1 Å². The average Bonchev–Trinajstić information content (AvgIpc) is 3.24. The Morgan fingerprint density at radius 1 is 1.37 bits per heavy atom. The smallest absolute Gasteiger partial charge is 0.261 e. The predicted octanol–water partition coefficient (Wildman–Crippen LogP) is 2.55. The minimum atomic E-state index is -2.08. The highest BCUT2D eigenvalue weighted by Crippen LogP contribution is 2.46. The van der Waals surface area contributed by atoms with Gasteiger partial charge in [0, 0.05) is 17.0 Å². The van der Waals surface area contributed by atoms with Gasteiger partial charge < -0.3 is 14.8 Å². The van der Waals surface area contributed by atoms with E-state index in [2.05, 4.69) is 15.8 Å². The Morgan fingerprint density at radius 3 is 2.78 bits per heavy atom. The van der Waals surface area contributed by atoms with Crippen molar-refractivity contribution in [1.29, 1.82) is 5.26 Å². The molecule has 0 unspecified atom stereocenters. The Bertz CT molecular complexity index is 982. The van der Waals surface area contributed by atoms with Crippen LogP contribution in [0.5, 0.6) is 0 Å². The number of halogens is 2. The summed E-state index contributed by atoms with van der Waals surface area (Å²) in [5, 5.41) is 26.5. The molecule has 1 atom stereocenters. The summed E-state index contributed by atoms with van der Waals surface area (Å²) in [6.07, 6.45) is 0.620. The Balaban J connectivity index is 2.01. The number of aliphatic hydroxyl groups is 1. The molecular formula is C17H12Cl2N4O4. The Kier molecular flexibility index (Phi) is 5.19. The summed E-state index contributed by atoms with van der Waals surface area (Å²) >= 11 is 12.3. The fourth-order valence-electron chi connectivity index (χ4n) is 2.69. The summed E-state index contributed by atoms with van der Waals surface area (Å²) in [6.45, 7) is 0. The van der Waals surface area contributed by atoms with Crippen molar-refractivity contribution in [3.63, 3.8) is 0 Å². The number of nitrogens with zero attached hydrogens (tertiary/aromatic N) is 2. The van der Waals surface area contributed by atoms with E-state index in [1.54, 1.807) is 18.2 Å². The minimum absolute atomic E-state index is 0.0767. The lowest BCUT2D eigenvalue weighted by atomic mass is 9.89. The van der Waals surface area contributed by atoms with Crippen LogP contribution in [0.4, 0.5) is 5.69 Å². The minimum Gasteiger partial charge on any atom is -0.463 e. The zero-order chi connectivity index (χ0) is 19.6. The molecule has 0 spiro atoms. The number of anilines is 1. The van der Waals surface area contributed by atoms with Gasteiger partial charge in [-0.3, -0.25) is 9.59 Å². The average molecular weight is 407 g/mol. The molecule has 3 rings (SSSR count). The molecule has 2 heterocycles. The van der Waals surface area contributed by atoms with Crippen LogP contribution in [0.1, 0.15) is 24.2 Å². The quantitative estimate of drug-likeness (QED) is 0.519. The highest BCUT2D eigenvalue weighted by atomic mass is 35.5. The lowest BCUT2D eigenvalue weighted by Crippen LogP contribution is -2.37. The van der Waals surface area contributed by atoms with Crippen molar-refractivity contribution >= 4 is 46.4 Å². The number of benzene rings is 1. The van der Waals surface area contributed by atoms with Crippen LogP contribution in [0.25, 0.3) is 0 Å². The van der Waals surface area contributed by atoms with E-state index in [1.165, 1.54) is 18.4 Å². The van der Waals surface area contributed by atoms with Crippen LogP contribution in [-0.4, -0.2) is 22.6 Å². The van der Waals surface area contributed by atoms with E-state index >= 15 is 0 Å². The summed E-state index contributed by atoms with van der Waals surface area (Å²) in [4.78, 5) is 24.1. The van der Waals surface area contributed by atoms with E-state index in [9.17, 15) is 14.7 Å². The third-order valence-electron chi connectivity index (χ3n) is 3.92. The molecule has 8 nitrogen and oxygen atoms in total. The number of furan rings is 1. The van der Waals surface area contributed by atoms with E-state index in [0.29, 0.717) is 0 Å². The molecule has 10 heteroatoms. The normalized spacial score (nSPS) is 18.6. The highest BCUT2D eigenvalue weighted by Gasteiger charge is 2.49. The van der Waals surface area contributed by atoms with Gasteiger partial charge in [0.05, 0.1) is 23.0 Å². The predicted molar refractivity (Wildman–Crippen MR) is 97.2 cm³/mol. The topological polar surface area (TPSA) is 128 Å². The van der Waals surface area contributed by atoms with Crippen LogP contribution < -0.4 is 10.7 Å². The van der Waals surface area contributed by atoms with Gasteiger partial charge in [0.2, 0.25) is 0 Å². The first kappa shape index (κ1) is 18.9. The van der Waals surface area contributed by atoms with Gasteiger partial charge in [0.1, 0.15) is 17.9 Å². The lowest BCUT2D eigenvalue weighted by molar-refractivity contribution is -0.132. The second kappa shape index (κ2) is 7.40. The Morgan fingerprint density at radius 2 is 2.11 bits per heavy atom. The third kappa shape index (κ3) is 3.53. The van der Waals surface area contributed by atoms with Gasteiger partial charge in [-0.15, -0.1) is 0 Å². The van der Waals surface area contributed by atoms with E-state index in [4.69, 9.17) is 32.9 Å². The van der Waals surface area contributed by atoms with Crippen molar-refractivity contribution in [2.45, 2.75) is 18.4 Å². The van der Waals surface area contributed by atoms with Gasteiger partial charge in [-0.05, 0) is 24.3 Å². The number of hydrazone groups is 1. The van der Waals surface area contributed by atoms with Gasteiger partial charge >= 0.3 is 0 Å². The summed E-state index contributed by atoms with van der Waals surface area (Å²) in [5.74, 6) is -1.17. The molecular weight excluding hydrogens is 395 g/mol.